The molecule has 11 heavy (non-hydrogen) atoms. The van der Waals surface area contributed by atoms with Gasteiger partial charge in [0.2, 0.25) is 0 Å². The predicted molar refractivity (Wildman–Crippen MR) is 45.3 cm³/mol. The zero-order valence-corrected chi connectivity index (χ0v) is 6.93. The third-order valence-corrected chi connectivity index (χ3v) is 3.19. The molecular formula is C7H10N2OS. The molecule has 1 saturated heterocycles. The fourth-order valence-corrected chi connectivity index (χ4v) is 2.48. The van der Waals surface area contributed by atoms with E-state index in [-0.39, 0.29) is 0 Å². The minimum absolute atomic E-state index is 0.493. The van der Waals surface area contributed by atoms with E-state index in [1.807, 2.05) is 17.8 Å². The van der Waals surface area contributed by atoms with Crippen LogP contribution < -0.4 is 5.73 Å². The summed E-state index contributed by atoms with van der Waals surface area (Å²) >= 11 is 1.92. The maximum Gasteiger partial charge on any atom is 0.167 e. The molecule has 2 heterocycles. The highest BCUT2D eigenvalue weighted by atomic mass is 32.2. The van der Waals surface area contributed by atoms with Crippen LogP contribution >= 0.6 is 11.8 Å². The summed E-state index contributed by atoms with van der Waals surface area (Å²) in [7, 11) is 0. The van der Waals surface area contributed by atoms with Gasteiger partial charge in [-0.2, -0.15) is 11.8 Å². The Morgan fingerprint density at radius 3 is 3.18 bits per heavy atom. The lowest BCUT2D eigenvalue weighted by Crippen LogP contribution is -1.84. The van der Waals surface area contributed by atoms with Crippen LogP contribution in [0.4, 0.5) is 5.82 Å². The smallest absolute Gasteiger partial charge is 0.167 e. The third kappa shape index (κ3) is 1.35. The second kappa shape index (κ2) is 2.77. The van der Waals surface area contributed by atoms with Crippen LogP contribution in [-0.4, -0.2) is 10.9 Å². The number of nitrogens with zero attached hydrogens (tertiary/aromatic N) is 1. The number of hydrogen-bond acceptors (Lipinski definition) is 4. The second-order valence-corrected chi connectivity index (χ2v) is 3.97. The van der Waals surface area contributed by atoms with E-state index in [0.29, 0.717) is 11.1 Å². The van der Waals surface area contributed by atoms with Crippen LogP contribution in [0.15, 0.2) is 10.6 Å². The van der Waals surface area contributed by atoms with Crippen molar-refractivity contribution in [2.24, 2.45) is 0 Å². The van der Waals surface area contributed by atoms with Crippen molar-refractivity contribution < 1.29 is 4.52 Å². The summed E-state index contributed by atoms with van der Waals surface area (Å²) in [5.74, 6) is 2.66. The molecule has 4 heteroatoms. The average Bonchev–Trinajstić information content (AvgIpc) is 2.55. The molecule has 0 spiro atoms. The van der Waals surface area contributed by atoms with Crippen LogP contribution in [0.25, 0.3) is 0 Å². The topological polar surface area (TPSA) is 52.0 Å². The summed E-state index contributed by atoms with van der Waals surface area (Å²) in [4.78, 5) is 0. The molecule has 2 N–H and O–H groups in total. The van der Waals surface area contributed by atoms with Crippen molar-refractivity contribution in [3.05, 3.63) is 11.8 Å². The van der Waals surface area contributed by atoms with Gasteiger partial charge in [-0.15, -0.1) is 0 Å². The number of aromatic nitrogens is 1. The van der Waals surface area contributed by atoms with E-state index in [1.165, 1.54) is 18.6 Å². The molecule has 0 amide bonds. The van der Waals surface area contributed by atoms with E-state index >= 15 is 0 Å². The molecule has 1 unspecified atom stereocenters. The monoisotopic (exact) mass is 170 g/mol. The molecule has 1 aromatic rings. The summed E-state index contributed by atoms with van der Waals surface area (Å²) in [6, 6.07) is 1.82. The van der Waals surface area contributed by atoms with Crippen LogP contribution in [0.5, 0.6) is 0 Å². The standard InChI is InChI=1S/C7H10N2OS/c8-7-4-5(10-9-7)6-2-1-3-11-6/h4,6H,1-3H2,(H2,8,9). The fraction of sp³-hybridized carbons (Fsp3) is 0.571. The molecule has 0 aromatic carbocycles. The Morgan fingerprint density at radius 1 is 1.73 bits per heavy atom. The predicted octanol–water partition coefficient (Wildman–Crippen LogP) is 1.82. The molecule has 60 valence electrons. The molecule has 3 nitrogen and oxygen atoms in total. The Labute approximate surface area is 69.3 Å². The first-order valence-electron chi connectivity index (χ1n) is 3.70. The quantitative estimate of drug-likeness (QED) is 0.698. The van der Waals surface area contributed by atoms with Gasteiger partial charge in [0.1, 0.15) is 0 Å². The average molecular weight is 170 g/mol. The molecule has 1 aromatic heterocycles. The van der Waals surface area contributed by atoms with E-state index in [1.54, 1.807) is 0 Å². The lowest BCUT2D eigenvalue weighted by molar-refractivity contribution is 0.382. The summed E-state index contributed by atoms with van der Waals surface area (Å²) in [5.41, 5.74) is 5.43. The van der Waals surface area contributed by atoms with Gasteiger partial charge in [-0.05, 0) is 18.6 Å². The fourth-order valence-electron chi connectivity index (χ4n) is 1.26. The minimum atomic E-state index is 0.493. The van der Waals surface area contributed by atoms with Gasteiger partial charge < -0.3 is 10.3 Å². The van der Waals surface area contributed by atoms with Crippen molar-refractivity contribution in [2.45, 2.75) is 18.1 Å². The molecule has 0 aliphatic carbocycles. The van der Waals surface area contributed by atoms with Crippen LogP contribution in [0.2, 0.25) is 0 Å². The van der Waals surface area contributed by atoms with E-state index in [9.17, 15) is 0 Å². The molecule has 1 aliphatic rings. The summed E-state index contributed by atoms with van der Waals surface area (Å²) in [5, 5.41) is 4.15. The van der Waals surface area contributed by atoms with Crippen molar-refractivity contribution in [1.29, 1.82) is 0 Å². The summed E-state index contributed by atoms with van der Waals surface area (Å²) in [6.07, 6.45) is 2.47. The Bertz CT molecular complexity index is 242. The highest BCUT2D eigenvalue weighted by Crippen LogP contribution is 2.40. The van der Waals surface area contributed by atoms with Crippen molar-refractivity contribution in [3.63, 3.8) is 0 Å². The normalized spacial score (nSPS) is 24.2. The van der Waals surface area contributed by atoms with Crippen molar-refractivity contribution in [2.75, 3.05) is 11.5 Å². The molecule has 0 saturated carbocycles. The lowest BCUT2D eigenvalue weighted by atomic mass is 10.2. The van der Waals surface area contributed by atoms with Gasteiger partial charge in [0, 0.05) is 6.07 Å². The van der Waals surface area contributed by atoms with Gasteiger partial charge in [0.05, 0.1) is 5.25 Å². The molecule has 0 bridgehead atoms. The zero-order valence-electron chi connectivity index (χ0n) is 6.12. The maximum absolute atomic E-state index is 5.43. The molecule has 1 atom stereocenters. The summed E-state index contributed by atoms with van der Waals surface area (Å²) < 4.78 is 5.05. The molecular weight excluding hydrogens is 160 g/mol. The number of thioether (sulfide) groups is 1. The van der Waals surface area contributed by atoms with Gasteiger partial charge in [-0.25, -0.2) is 0 Å². The van der Waals surface area contributed by atoms with E-state index in [2.05, 4.69) is 5.16 Å². The van der Waals surface area contributed by atoms with Crippen molar-refractivity contribution in [1.82, 2.24) is 5.16 Å². The van der Waals surface area contributed by atoms with Crippen molar-refractivity contribution >= 4 is 17.6 Å². The van der Waals surface area contributed by atoms with Gasteiger partial charge in [0.25, 0.3) is 0 Å². The van der Waals surface area contributed by atoms with Crippen molar-refractivity contribution in [3.8, 4) is 0 Å². The highest BCUT2D eigenvalue weighted by Gasteiger charge is 2.21. The third-order valence-electron chi connectivity index (χ3n) is 1.79. The molecule has 2 rings (SSSR count). The molecule has 1 fully saturated rings. The van der Waals surface area contributed by atoms with E-state index < -0.39 is 0 Å². The second-order valence-electron chi connectivity index (χ2n) is 2.66. The highest BCUT2D eigenvalue weighted by molar-refractivity contribution is 7.99. The number of nitrogen functional groups attached to an aromatic ring is 1. The Hall–Kier alpha value is -0.640. The first kappa shape index (κ1) is 7.03. The largest absolute Gasteiger partial charge is 0.381 e. The van der Waals surface area contributed by atoms with Crippen LogP contribution in [0.1, 0.15) is 23.9 Å². The van der Waals surface area contributed by atoms with Gasteiger partial charge in [-0.3, -0.25) is 0 Å². The van der Waals surface area contributed by atoms with Gasteiger partial charge in [-0.1, -0.05) is 5.16 Å². The number of rotatable bonds is 1. The van der Waals surface area contributed by atoms with Crippen LogP contribution in [0.3, 0.4) is 0 Å². The SMILES string of the molecule is Nc1cc(C2CCCS2)on1. The lowest BCUT2D eigenvalue weighted by Gasteiger charge is -1.99. The van der Waals surface area contributed by atoms with E-state index in [4.69, 9.17) is 10.3 Å². The van der Waals surface area contributed by atoms with Crippen LogP contribution in [-0.2, 0) is 0 Å². The number of nitrogens with two attached hydrogens (primary N) is 1. The first-order chi connectivity index (χ1) is 5.36. The maximum atomic E-state index is 5.43. The van der Waals surface area contributed by atoms with Crippen LogP contribution in [0, 0.1) is 0 Å². The zero-order chi connectivity index (χ0) is 7.68. The summed E-state index contributed by atoms with van der Waals surface area (Å²) in [6.45, 7) is 0. The minimum Gasteiger partial charge on any atom is -0.381 e. The Kier molecular flexibility index (Phi) is 1.77. The number of hydrogen-bond donors (Lipinski definition) is 1. The number of anilines is 1. The first-order valence-corrected chi connectivity index (χ1v) is 4.75. The van der Waals surface area contributed by atoms with E-state index in [0.717, 1.165) is 5.76 Å². The molecule has 1 aliphatic heterocycles. The Morgan fingerprint density at radius 2 is 2.64 bits per heavy atom. The van der Waals surface area contributed by atoms with Gasteiger partial charge >= 0.3 is 0 Å². The van der Waals surface area contributed by atoms with Gasteiger partial charge in [0.15, 0.2) is 11.6 Å². The molecule has 0 radical (unpaired) electrons. The Balaban J connectivity index is 2.15.